The molecule has 0 saturated carbocycles. The number of carbonyl (C=O) groups is 2. The predicted octanol–water partition coefficient (Wildman–Crippen LogP) is 5.32. The van der Waals surface area contributed by atoms with Gasteiger partial charge in [0.2, 0.25) is 0 Å². The van der Waals surface area contributed by atoms with Crippen LogP contribution in [0.1, 0.15) is 26.4 Å². The van der Waals surface area contributed by atoms with E-state index in [1.54, 1.807) is 12.1 Å². The third-order valence-corrected chi connectivity index (χ3v) is 4.52. The van der Waals surface area contributed by atoms with Gasteiger partial charge < -0.3 is 5.32 Å². The zero-order chi connectivity index (χ0) is 20.3. The van der Waals surface area contributed by atoms with E-state index in [0.29, 0.717) is 10.6 Å². The number of thiazole rings is 1. The Kier molecular flexibility index (Phi) is 5.66. The van der Waals surface area contributed by atoms with Gasteiger partial charge in [-0.3, -0.25) is 14.9 Å². The Bertz CT molecular complexity index is 1020. The topological polar surface area (TPSA) is 71.1 Å². The van der Waals surface area contributed by atoms with E-state index in [1.165, 1.54) is 29.6 Å². The van der Waals surface area contributed by atoms with Gasteiger partial charge in [-0.05, 0) is 42.5 Å². The number of anilines is 2. The Morgan fingerprint density at radius 1 is 1.00 bits per heavy atom. The molecule has 0 aliphatic rings. The first-order valence-electron chi connectivity index (χ1n) is 7.73. The van der Waals surface area contributed by atoms with E-state index < -0.39 is 23.6 Å². The molecule has 1 heterocycles. The second-order valence-corrected chi connectivity index (χ2v) is 6.83. The van der Waals surface area contributed by atoms with Crippen molar-refractivity contribution < 1.29 is 22.8 Å². The summed E-state index contributed by atoms with van der Waals surface area (Å²) in [6.45, 7) is 0. The molecule has 2 amide bonds. The number of amides is 2. The van der Waals surface area contributed by atoms with E-state index in [0.717, 1.165) is 23.5 Å². The van der Waals surface area contributed by atoms with Gasteiger partial charge in [0, 0.05) is 21.7 Å². The molecule has 0 saturated heterocycles. The number of rotatable bonds is 4. The van der Waals surface area contributed by atoms with Crippen molar-refractivity contribution in [2.75, 3.05) is 10.6 Å². The predicted molar refractivity (Wildman–Crippen MR) is 101 cm³/mol. The fourth-order valence-corrected chi connectivity index (χ4v) is 2.99. The number of carbonyl (C=O) groups excluding carboxylic acids is 2. The van der Waals surface area contributed by atoms with Crippen LogP contribution in [0.15, 0.2) is 53.9 Å². The fraction of sp³-hybridized carbons (Fsp3) is 0.0556. The number of alkyl halides is 3. The van der Waals surface area contributed by atoms with Crippen molar-refractivity contribution in [2.24, 2.45) is 0 Å². The van der Waals surface area contributed by atoms with Crippen LogP contribution in [0.2, 0.25) is 5.02 Å². The molecule has 2 aromatic carbocycles. The summed E-state index contributed by atoms with van der Waals surface area (Å²) in [4.78, 5) is 28.3. The van der Waals surface area contributed by atoms with E-state index in [9.17, 15) is 22.8 Å². The quantitative estimate of drug-likeness (QED) is 0.594. The molecule has 1 aromatic heterocycles. The molecule has 0 unspecified atom stereocenters. The molecule has 0 radical (unpaired) electrons. The standard InChI is InChI=1S/C18H11ClF3N3O2S/c19-12-6-4-10(5-7-12)15(26)25-17-24-14(9-28-17)16(27)23-13-3-1-2-11(8-13)18(20,21)22/h1-9H,(H,23,27)(H,24,25,26). The van der Waals surface area contributed by atoms with Crippen LogP contribution < -0.4 is 10.6 Å². The Morgan fingerprint density at radius 3 is 2.39 bits per heavy atom. The lowest BCUT2D eigenvalue weighted by Crippen LogP contribution is -2.15. The molecule has 3 rings (SSSR count). The maximum atomic E-state index is 12.7. The van der Waals surface area contributed by atoms with E-state index >= 15 is 0 Å². The highest BCUT2D eigenvalue weighted by Crippen LogP contribution is 2.30. The van der Waals surface area contributed by atoms with Crippen LogP contribution in [0, 0.1) is 0 Å². The van der Waals surface area contributed by atoms with Gasteiger partial charge in [-0.25, -0.2) is 4.98 Å². The molecule has 28 heavy (non-hydrogen) atoms. The van der Waals surface area contributed by atoms with Gasteiger partial charge in [-0.15, -0.1) is 11.3 Å². The van der Waals surface area contributed by atoms with E-state index in [1.807, 2.05) is 0 Å². The second-order valence-electron chi connectivity index (χ2n) is 5.53. The molecule has 0 bridgehead atoms. The van der Waals surface area contributed by atoms with Crippen molar-refractivity contribution in [1.82, 2.24) is 4.98 Å². The SMILES string of the molecule is O=C(Nc1nc(C(=O)Nc2cccc(C(F)(F)F)c2)cs1)c1ccc(Cl)cc1. The summed E-state index contributed by atoms with van der Waals surface area (Å²) < 4.78 is 38.2. The summed E-state index contributed by atoms with van der Waals surface area (Å²) in [5.41, 5.74) is -0.567. The first-order valence-corrected chi connectivity index (χ1v) is 8.99. The molecule has 2 N–H and O–H groups in total. The van der Waals surface area contributed by atoms with Gasteiger partial charge in [0.1, 0.15) is 5.69 Å². The highest BCUT2D eigenvalue weighted by Gasteiger charge is 2.30. The molecular weight excluding hydrogens is 415 g/mol. The zero-order valence-electron chi connectivity index (χ0n) is 13.9. The minimum Gasteiger partial charge on any atom is -0.321 e. The van der Waals surface area contributed by atoms with Crippen LogP contribution in [0.4, 0.5) is 24.0 Å². The number of hydrogen-bond donors (Lipinski definition) is 2. The lowest BCUT2D eigenvalue weighted by atomic mass is 10.2. The zero-order valence-corrected chi connectivity index (χ0v) is 15.5. The molecule has 144 valence electrons. The Hall–Kier alpha value is -2.91. The summed E-state index contributed by atoms with van der Waals surface area (Å²) in [6.07, 6.45) is -4.51. The van der Waals surface area contributed by atoms with E-state index in [4.69, 9.17) is 11.6 Å². The Labute approximate surface area is 166 Å². The molecule has 0 fully saturated rings. The maximum Gasteiger partial charge on any atom is 0.416 e. The molecular formula is C18H11ClF3N3O2S. The van der Waals surface area contributed by atoms with Gasteiger partial charge in [0.05, 0.1) is 5.56 Å². The average Bonchev–Trinajstić information content (AvgIpc) is 3.10. The third kappa shape index (κ3) is 4.87. The molecule has 5 nitrogen and oxygen atoms in total. The molecule has 10 heteroatoms. The number of hydrogen-bond acceptors (Lipinski definition) is 4. The van der Waals surface area contributed by atoms with Crippen LogP contribution in [-0.2, 0) is 6.18 Å². The van der Waals surface area contributed by atoms with Crippen molar-refractivity contribution in [1.29, 1.82) is 0 Å². The smallest absolute Gasteiger partial charge is 0.321 e. The molecule has 0 aliphatic carbocycles. The first kappa shape index (κ1) is 19.8. The first-order chi connectivity index (χ1) is 13.2. The third-order valence-electron chi connectivity index (χ3n) is 3.51. The number of aromatic nitrogens is 1. The molecule has 0 aliphatic heterocycles. The van der Waals surface area contributed by atoms with Crippen LogP contribution in [0.25, 0.3) is 0 Å². The Balaban J connectivity index is 1.67. The van der Waals surface area contributed by atoms with Gasteiger partial charge >= 0.3 is 6.18 Å². The van der Waals surface area contributed by atoms with Crippen LogP contribution in [0.5, 0.6) is 0 Å². The van der Waals surface area contributed by atoms with Crippen LogP contribution >= 0.6 is 22.9 Å². The molecule has 0 spiro atoms. The summed E-state index contributed by atoms with van der Waals surface area (Å²) >= 11 is 6.78. The largest absolute Gasteiger partial charge is 0.416 e. The van der Waals surface area contributed by atoms with Gasteiger partial charge in [-0.1, -0.05) is 17.7 Å². The Morgan fingerprint density at radius 2 is 1.71 bits per heavy atom. The van der Waals surface area contributed by atoms with Crippen molar-refractivity contribution >= 4 is 45.6 Å². The minimum atomic E-state index is -4.51. The summed E-state index contributed by atoms with van der Waals surface area (Å²) in [5, 5.41) is 6.95. The van der Waals surface area contributed by atoms with Gasteiger partial charge in [0.15, 0.2) is 5.13 Å². The number of nitrogens with zero attached hydrogens (tertiary/aromatic N) is 1. The number of halogens is 4. The number of benzene rings is 2. The minimum absolute atomic E-state index is 0.0143. The number of nitrogens with one attached hydrogen (secondary N) is 2. The van der Waals surface area contributed by atoms with Crippen LogP contribution in [0.3, 0.4) is 0 Å². The lowest BCUT2D eigenvalue weighted by Gasteiger charge is -2.09. The molecule has 3 aromatic rings. The van der Waals surface area contributed by atoms with Crippen molar-refractivity contribution in [3.05, 3.63) is 75.8 Å². The highest BCUT2D eigenvalue weighted by molar-refractivity contribution is 7.14. The van der Waals surface area contributed by atoms with Gasteiger partial charge in [0.25, 0.3) is 11.8 Å². The van der Waals surface area contributed by atoms with Crippen molar-refractivity contribution in [3.8, 4) is 0 Å². The van der Waals surface area contributed by atoms with Gasteiger partial charge in [-0.2, -0.15) is 13.2 Å². The van der Waals surface area contributed by atoms with E-state index in [2.05, 4.69) is 15.6 Å². The lowest BCUT2D eigenvalue weighted by molar-refractivity contribution is -0.137. The van der Waals surface area contributed by atoms with Crippen molar-refractivity contribution in [3.63, 3.8) is 0 Å². The maximum absolute atomic E-state index is 12.7. The molecule has 0 atom stereocenters. The monoisotopic (exact) mass is 425 g/mol. The second kappa shape index (κ2) is 7.99. The summed E-state index contributed by atoms with van der Waals surface area (Å²) in [6, 6.07) is 10.5. The normalized spacial score (nSPS) is 11.1. The van der Waals surface area contributed by atoms with Crippen LogP contribution in [-0.4, -0.2) is 16.8 Å². The van der Waals surface area contributed by atoms with E-state index in [-0.39, 0.29) is 16.5 Å². The summed E-state index contributed by atoms with van der Waals surface area (Å²) in [5.74, 6) is -1.13. The van der Waals surface area contributed by atoms with Crippen molar-refractivity contribution in [2.45, 2.75) is 6.18 Å². The highest BCUT2D eigenvalue weighted by atomic mass is 35.5. The fourth-order valence-electron chi connectivity index (χ4n) is 2.17. The average molecular weight is 426 g/mol. The summed E-state index contributed by atoms with van der Waals surface area (Å²) in [7, 11) is 0.